The van der Waals surface area contributed by atoms with Crippen molar-refractivity contribution in [3.63, 3.8) is 0 Å². The van der Waals surface area contributed by atoms with Crippen LogP contribution in [-0.2, 0) is 10.2 Å². The number of carbonyl (C=O) groups is 1. The highest BCUT2D eigenvalue weighted by Gasteiger charge is 2.20. The van der Waals surface area contributed by atoms with Crippen molar-refractivity contribution in [1.29, 1.82) is 0 Å². The van der Waals surface area contributed by atoms with Crippen molar-refractivity contribution in [3.8, 4) is 0 Å². The SMILES string of the molecule is CCCCN(C)S(=O)(=O)Nc1ccc(F)cc1C(=O)O. The Kier molecular flexibility index (Phi) is 5.46. The number of anilines is 1. The van der Waals surface area contributed by atoms with Crippen LogP contribution in [0.25, 0.3) is 0 Å². The Balaban J connectivity index is 3.00. The highest BCUT2D eigenvalue weighted by Crippen LogP contribution is 2.19. The van der Waals surface area contributed by atoms with Gasteiger partial charge in [-0.2, -0.15) is 12.7 Å². The summed E-state index contributed by atoms with van der Waals surface area (Å²) in [5.41, 5.74) is -0.597. The van der Waals surface area contributed by atoms with E-state index in [2.05, 4.69) is 4.72 Å². The summed E-state index contributed by atoms with van der Waals surface area (Å²) in [5.74, 6) is -2.15. The Labute approximate surface area is 117 Å². The lowest BCUT2D eigenvalue weighted by atomic mass is 10.2. The second-order valence-corrected chi connectivity index (χ2v) is 6.05. The molecular weight excluding hydrogens is 287 g/mol. The zero-order valence-corrected chi connectivity index (χ0v) is 12.1. The molecular formula is C12H17FN2O4S. The Morgan fingerprint density at radius 3 is 2.65 bits per heavy atom. The van der Waals surface area contributed by atoms with Gasteiger partial charge in [-0.05, 0) is 24.6 Å². The minimum Gasteiger partial charge on any atom is -0.478 e. The van der Waals surface area contributed by atoms with Crippen LogP contribution in [0.3, 0.4) is 0 Å². The monoisotopic (exact) mass is 304 g/mol. The second-order valence-electron chi connectivity index (χ2n) is 4.28. The summed E-state index contributed by atoms with van der Waals surface area (Å²) in [5, 5.41) is 8.95. The zero-order valence-electron chi connectivity index (χ0n) is 11.3. The fraction of sp³-hybridized carbons (Fsp3) is 0.417. The Morgan fingerprint density at radius 2 is 2.10 bits per heavy atom. The first-order valence-electron chi connectivity index (χ1n) is 6.05. The fourth-order valence-electron chi connectivity index (χ4n) is 1.50. The van der Waals surface area contributed by atoms with Gasteiger partial charge in [0.15, 0.2) is 0 Å². The summed E-state index contributed by atoms with van der Waals surface area (Å²) in [6.45, 7) is 2.24. The molecule has 0 atom stereocenters. The van der Waals surface area contributed by atoms with E-state index in [1.807, 2.05) is 6.92 Å². The van der Waals surface area contributed by atoms with Crippen LogP contribution in [0, 0.1) is 5.82 Å². The van der Waals surface area contributed by atoms with E-state index < -0.39 is 27.6 Å². The molecule has 0 bridgehead atoms. The van der Waals surface area contributed by atoms with Crippen LogP contribution in [-0.4, -0.2) is 37.4 Å². The molecule has 112 valence electrons. The maximum atomic E-state index is 13.0. The number of carboxylic acid groups (broad SMARTS) is 1. The molecule has 0 heterocycles. The van der Waals surface area contributed by atoms with E-state index in [9.17, 15) is 17.6 Å². The molecule has 6 nitrogen and oxygen atoms in total. The molecule has 0 amide bonds. The molecule has 0 aliphatic rings. The van der Waals surface area contributed by atoms with Crippen LogP contribution in [0.15, 0.2) is 18.2 Å². The number of nitrogens with zero attached hydrogens (tertiary/aromatic N) is 1. The highest BCUT2D eigenvalue weighted by atomic mass is 32.2. The van der Waals surface area contributed by atoms with Crippen LogP contribution in [0.1, 0.15) is 30.1 Å². The molecule has 0 unspecified atom stereocenters. The maximum Gasteiger partial charge on any atom is 0.337 e. The average Bonchev–Trinajstić information content (AvgIpc) is 2.37. The van der Waals surface area contributed by atoms with E-state index in [0.717, 1.165) is 28.9 Å². The molecule has 0 aromatic heterocycles. The average molecular weight is 304 g/mol. The Bertz CT molecular complexity index is 589. The minimum atomic E-state index is -3.86. The van der Waals surface area contributed by atoms with Gasteiger partial charge >= 0.3 is 16.2 Å². The smallest absolute Gasteiger partial charge is 0.337 e. The van der Waals surface area contributed by atoms with Gasteiger partial charge in [0, 0.05) is 13.6 Å². The quantitative estimate of drug-likeness (QED) is 0.805. The normalized spacial score (nSPS) is 11.6. The van der Waals surface area contributed by atoms with Crippen molar-refractivity contribution in [1.82, 2.24) is 4.31 Å². The topological polar surface area (TPSA) is 86.7 Å². The van der Waals surface area contributed by atoms with Crippen LogP contribution in [0.5, 0.6) is 0 Å². The predicted molar refractivity (Wildman–Crippen MR) is 73.4 cm³/mol. The number of benzene rings is 1. The molecule has 2 N–H and O–H groups in total. The van der Waals surface area contributed by atoms with Crippen molar-refractivity contribution in [3.05, 3.63) is 29.6 Å². The molecule has 0 aliphatic heterocycles. The fourth-order valence-corrected chi connectivity index (χ4v) is 2.48. The van der Waals surface area contributed by atoms with E-state index in [-0.39, 0.29) is 5.69 Å². The Hall–Kier alpha value is -1.67. The molecule has 0 aliphatic carbocycles. The summed E-state index contributed by atoms with van der Waals surface area (Å²) in [7, 11) is -2.47. The maximum absolute atomic E-state index is 13.0. The summed E-state index contributed by atoms with van der Waals surface area (Å²) in [4.78, 5) is 11.0. The lowest BCUT2D eigenvalue weighted by molar-refractivity contribution is 0.0697. The molecule has 0 radical (unpaired) electrons. The van der Waals surface area contributed by atoms with Crippen LogP contribution >= 0.6 is 0 Å². The predicted octanol–water partition coefficient (Wildman–Crippen LogP) is 1.91. The van der Waals surface area contributed by atoms with Gasteiger partial charge in [-0.15, -0.1) is 0 Å². The largest absolute Gasteiger partial charge is 0.478 e. The Morgan fingerprint density at radius 1 is 1.45 bits per heavy atom. The third-order valence-corrected chi connectivity index (χ3v) is 4.17. The van der Waals surface area contributed by atoms with Crippen molar-refractivity contribution in [2.24, 2.45) is 0 Å². The summed E-state index contributed by atoms with van der Waals surface area (Å²) >= 11 is 0. The molecule has 1 aromatic rings. The minimum absolute atomic E-state index is 0.165. The summed E-state index contributed by atoms with van der Waals surface area (Å²) < 4.78 is 40.2. The first kappa shape index (κ1) is 16.4. The number of nitrogens with one attached hydrogen (secondary N) is 1. The van der Waals surface area contributed by atoms with E-state index in [1.165, 1.54) is 7.05 Å². The van der Waals surface area contributed by atoms with Crippen molar-refractivity contribution in [2.75, 3.05) is 18.3 Å². The molecule has 0 saturated heterocycles. The number of aromatic carboxylic acids is 1. The van der Waals surface area contributed by atoms with Gasteiger partial charge in [-0.1, -0.05) is 13.3 Å². The van der Waals surface area contributed by atoms with E-state index >= 15 is 0 Å². The van der Waals surface area contributed by atoms with Crippen molar-refractivity contribution >= 4 is 21.9 Å². The highest BCUT2D eigenvalue weighted by molar-refractivity contribution is 7.90. The molecule has 0 spiro atoms. The standard InChI is InChI=1S/C12H17FN2O4S/c1-3-4-7-15(2)20(18,19)14-11-6-5-9(13)8-10(11)12(16)17/h5-6,8,14H,3-4,7H2,1-2H3,(H,16,17). The first-order valence-corrected chi connectivity index (χ1v) is 7.49. The first-order chi connectivity index (χ1) is 9.27. The number of unbranched alkanes of at least 4 members (excludes halogenated alkanes) is 1. The zero-order chi connectivity index (χ0) is 15.3. The molecule has 8 heteroatoms. The lowest BCUT2D eigenvalue weighted by Crippen LogP contribution is -2.33. The molecule has 20 heavy (non-hydrogen) atoms. The summed E-state index contributed by atoms with van der Waals surface area (Å²) in [6.07, 6.45) is 1.52. The lowest BCUT2D eigenvalue weighted by Gasteiger charge is -2.18. The van der Waals surface area contributed by atoms with Crippen LogP contribution in [0.4, 0.5) is 10.1 Å². The van der Waals surface area contributed by atoms with Gasteiger partial charge in [0.25, 0.3) is 0 Å². The summed E-state index contributed by atoms with van der Waals surface area (Å²) in [6, 6.07) is 2.85. The van der Waals surface area contributed by atoms with Crippen LogP contribution in [0.2, 0.25) is 0 Å². The number of rotatable bonds is 7. The third kappa shape index (κ3) is 4.17. The van der Waals surface area contributed by atoms with Crippen molar-refractivity contribution < 1.29 is 22.7 Å². The van der Waals surface area contributed by atoms with Gasteiger partial charge < -0.3 is 5.11 Å². The van der Waals surface area contributed by atoms with E-state index in [1.54, 1.807) is 0 Å². The third-order valence-electron chi connectivity index (χ3n) is 2.69. The van der Waals surface area contributed by atoms with Gasteiger partial charge in [0.2, 0.25) is 0 Å². The van der Waals surface area contributed by atoms with Gasteiger partial charge in [-0.3, -0.25) is 4.72 Å². The number of halogens is 1. The van der Waals surface area contributed by atoms with Crippen molar-refractivity contribution in [2.45, 2.75) is 19.8 Å². The van der Waals surface area contributed by atoms with Crippen LogP contribution < -0.4 is 4.72 Å². The van der Waals surface area contributed by atoms with Gasteiger partial charge in [0.1, 0.15) is 5.82 Å². The molecule has 0 saturated carbocycles. The van der Waals surface area contributed by atoms with Gasteiger partial charge in [0.05, 0.1) is 11.3 Å². The van der Waals surface area contributed by atoms with E-state index in [0.29, 0.717) is 13.0 Å². The van der Waals surface area contributed by atoms with Gasteiger partial charge in [-0.25, -0.2) is 9.18 Å². The number of hydrogen-bond donors (Lipinski definition) is 2. The number of carboxylic acids is 1. The van der Waals surface area contributed by atoms with E-state index in [4.69, 9.17) is 5.11 Å². The molecule has 1 rings (SSSR count). The molecule has 0 fully saturated rings. The second kappa shape index (κ2) is 6.67. The number of hydrogen-bond acceptors (Lipinski definition) is 3. The molecule has 1 aromatic carbocycles.